The molecule has 3 heterocycles. The third-order valence-electron chi connectivity index (χ3n) is 5.68. The number of aryl methyl sites for hydroxylation is 2. The topological polar surface area (TPSA) is 157 Å². The minimum atomic E-state index is -0.675. The lowest BCUT2D eigenvalue weighted by Gasteiger charge is -2.22. The molecule has 0 saturated carbocycles. The summed E-state index contributed by atoms with van der Waals surface area (Å²) in [6, 6.07) is 5.61. The first-order valence-electron chi connectivity index (χ1n) is 10.4. The molecule has 10 nitrogen and oxygen atoms in total. The van der Waals surface area contributed by atoms with Gasteiger partial charge in [-0.15, -0.1) is 0 Å². The van der Waals surface area contributed by atoms with E-state index >= 15 is 0 Å². The summed E-state index contributed by atoms with van der Waals surface area (Å²) < 4.78 is 6.15. The van der Waals surface area contributed by atoms with Gasteiger partial charge < -0.3 is 25.5 Å². The van der Waals surface area contributed by atoms with E-state index in [4.69, 9.17) is 20.7 Å². The highest BCUT2D eigenvalue weighted by molar-refractivity contribution is 6.53. The van der Waals surface area contributed by atoms with Gasteiger partial charge in [-0.05, 0) is 38.3 Å². The summed E-state index contributed by atoms with van der Waals surface area (Å²) in [4.78, 5) is 26.0. The first-order valence-corrected chi connectivity index (χ1v) is 10.4. The summed E-state index contributed by atoms with van der Waals surface area (Å²) in [5.41, 5.74) is 11.1. The zero-order valence-electron chi connectivity index (χ0n) is 18.3. The molecule has 1 saturated heterocycles. The van der Waals surface area contributed by atoms with Gasteiger partial charge in [0, 0.05) is 30.1 Å². The molecule has 1 fully saturated rings. The number of rotatable bonds is 3. The Hall–Kier alpha value is -4.10. The van der Waals surface area contributed by atoms with Gasteiger partial charge in [0.2, 0.25) is 0 Å². The van der Waals surface area contributed by atoms with Crippen molar-refractivity contribution in [3.05, 3.63) is 40.7 Å². The number of aliphatic hydroxyl groups is 1. The number of amidine groups is 1. The SMILES string of the molecule is Cc1ccc2oc(/C(NC3CCN(C(=O)C#CCO)C3)=C3/C(=N)C(=O)NN=C3N)c(C)c2c1. The summed E-state index contributed by atoms with van der Waals surface area (Å²) in [6.45, 7) is 4.32. The number of hydrogen-bond donors (Lipinski definition) is 5. The van der Waals surface area contributed by atoms with Crippen LogP contribution in [0, 0.1) is 31.1 Å². The highest BCUT2D eigenvalue weighted by Crippen LogP contribution is 2.32. The van der Waals surface area contributed by atoms with Crippen molar-refractivity contribution >= 4 is 40.0 Å². The van der Waals surface area contributed by atoms with Crippen molar-refractivity contribution in [1.29, 1.82) is 5.41 Å². The van der Waals surface area contributed by atoms with Gasteiger partial charge in [0.1, 0.15) is 17.9 Å². The molecule has 0 bridgehead atoms. The molecule has 10 heteroatoms. The van der Waals surface area contributed by atoms with Crippen molar-refractivity contribution in [2.75, 3.05) is 19.7 Å². The number of nitrogens with two attached hydrogens (primary N) is 1. The number of hydrogen-bond acceptors (Lipinski definition) is 8. The van der Waals surface area contributed by atoms with Gasteiger partial charge in [-0.2, -0.15) is 5.10 Å². The fraction of sp³-hybridized carbons (Fsp3) is 0.304. The molecular weight excluding hydrogens is 424 g/mol. The number of hydrazone groups is 1. The number of carbonyl (C=O) groups excluding carboxylic acids is 2. The molecule has 1 aromatic carbocycles. The van der Waals surface area contributed by atoms with Crippen LogP contribution in [0.2, 0.25) is 0 Å². The van der Waals surface area contributed by atoms with E-state index in [9.17, 15) is 9.59 Å². The summed E-state index contributed by atoms with van der Waals surface area (Å²) >= 11 is 0. The van der Waals surface area contributed by atoms with Gasteiger partial charge in [-0.1, -0.05) is 17.6 Å². The molecule has 6 N–H and O–H groups in total. The van der Waals surface area contributed by atoms with Crippen molar-refractivity contribution in [1.82, 2.24) is 15.6 Å². The number of carbonyl (C=O) groups is 2. The summed E-state index contributed by atoms with van der Waals surface area (Å²) in [7, 11) is 0. The second-order valence-corrected chi connectivity index (χ2v) is 7.96. The zero-order chi connectivity index (χ0) is 23.7. The first-order chi connectivity index (χ1) is 15.8. The van der Waals surface area contributed by atoms with Crippen LogP contribution in [0.4, 0.5) is 0 Å². The van der Waals surface area contributed by atoms with Crippen LogP contribution >= 0.6 is 0 Å². The Labute approximate surface area is 190 Å². The number of likely N-dealkylation sites (tertiary alicyclic amines) is 1. The maximum Gasteiger partial charge on any atom is 0.298 e. The number of furan rings is 1. The fourth-order valence-electron chi connectivity index (χ4n) is 4.00. The van der Waals surface area contributed by atoms with Gasteiger partial charge in [0.25, 0.3) is 11.8 Å². The fourth-order valence-corrected chi connectivity index (χ4v) is 4.00. The van der Waals surface area contributed by atoms with Crippen molar-refractivity contribution < 1.29 is 19.1 Å². The summed E-state index contributed by atoms with van der Waals surface area (Å²) in [6.07, 6.45) is 0.609. The van der Waals surface area contributed by atoms with Crippen LogP contribution in [0.25, 0.3) is 16.7 Å². The molecule has 2 aromatic rings. The molecule has 33 heavy (non-hydrogen) atoms. The second kappa shape index (κ2) is 8.80. The van der Waals surface area contributed by atoms with Gasteiger partial charge in [0.05, 0.1) is 11.3 Å². The van der Waals surface area contributed by atoms with E-state index in [1.54, 1.807) is 4.90 Å². The average Bonchev–Trinajstić information content (AvgIpc) is 3.39. The van der Waals surface area contributed by atoms with Crippen LogP contribution in [0.5, 0.6) is 0 Å². The summed E-state index contributed by atoms with van der Waals surface area (Å²) in [5, 5.41) is 25.3. The van der Waals surface area contributed by atoms with E-state index in [2.05, 4.69) is 27.7 Å². The molecule has 4 rings (SSSR count). The smallest absolute Gasteiger partial charge is 0.298 e. The molecule has 170 valence electrons. The number of fused-ring (bicyclic) bond motifs is 1. The Bertz CT molecular complexity index is 1290. The van der Waals surface area contributed by atoms with Gasteiger partial charge in [0.15, 0.2) is 11.6 Å². The quantitative estimate of drug-likeness (QED) is 0.427. The Morgan fingerprint density at radius 3 is 3.00 bits per heavy atom. The van der Waals surface area contributed by atoms with Crippen LogP contribution < -0.4 is 16.5 Å². The Morgan fingerprint density at radius 2 is 2.24 bits per heavy atom. The van der Waals surface area contributed by atoms with Crippen LogP contribution in [0.1, 0.15) is 23.3 Å². The zero-order valence-corrected chi connectivity index (χ0v) is 18.3. The third kappa shape index (κ3) is 4.18. The molecule has 1 atom stereocenters. The normalized spacial score (nSPS) is 19.7. The first kappa shape index (κ1) is 22.1. The molecular formula is C23H24N6O4. The molecule has 2 aliphatic heterocycles. The molecule has 2 amide bonds. The lowest BCUT2D eigenvalue weighted by molar-refractivity contribution is -0.124. The maximum atomic E-state index is 12.2. The van der Waals surface area contributed by atoms with Crippen LogP contribution in [-0.4, -0.2) is 59.1 Å². The minimum absolute atomic E-state index is 0.0159. The van der Waals surface area contributed by atoms with E-state index in [1.807, 2.05) is 32.0 Å². The maximum absolute atomic E-state index is 12.2. The molecule has 1 aromatic heterocycles. The molecule has 0 radical (unpaired) electrons. The van der Waals surface area contributed by atoms with Gasteiger partial charge in [-0.25, -0.2) is 5.43 Å². The lowest BCUT2D eigenvalue weighted by atomic mass is 10.00. The number of nitrogens with zero attached hydrogens (tertiary/aromatic N) is 2. The number of aliphatic hydroxyl groups excluding tert-OH is 1. The predicted molar refractivity (Wildman–Crippen MR) is 123 cm³/mol. The van der Waals surface area contributed by atoms with E-state index < -0.39 is 5.91 Å². The Morgan fingerprint density at radius 1 is 1.45 bits per heavy atom. The molecule has 0 aliphatic carbocycles. The van der Waals surface area contributed by atoms with Crippen LogP contribution in [0.15, 0.2) is 33.3 Å². The highest BCUT2D eigenvalue weighted by atomic mass is 16.3. The van der Waals surface area contributed by atoms with E-state index in [-0.39, 0.29) is 35.7 Å². The Balaban J connectivity index is 1.77. The van der Waals surface area contributed by atoms with Gasteiger partial charge in [-0.3, -0.25) is 15.0 Å². The average molecular weight is 448 g/mol. The molecule has 2 aliphatic rings. The van der Waals surface area contributed by atoms with Crippen molar-refractivity contribution in [3.8, 4) is 11.8 Å². The number of amides is 2. The second-order valence-electron chi connectivity index (χ2n) is 7.96. The van der Waals surface area contributed by atoms with E-state index in [0.717, 1.165) is 16.5 Å². The van der Waals surface area contributed by atoms with Crippen molar-refractivity contribution in [3.63, 3.8) is 0 Å². The highest BCUT2D eigenvalue weighted by Gasteiger charge is 2.33. The van der Waals surface area contributed by atoms with Crippen molar-refractivity contribution in [2.45, 2.75) is 26.3 Å². The van der Waals surface area contributed by atoms with Gasteiger partial charge >= 0.3 is 0 Å². The van der Waals surface area contributed by atoms with E-state index in [0.29, 0.717) is 36.6 Å². The van der Waals surface area contributed by atoms with E-state index in [1.165, 1.54) is 0 Å². The number of benzene rings is 1. The minimum Gasteiger partial charge on any atom is -0.454 e. The number of nitrogens with one attached hydrogen (secondary N) is 3. The molecule has 0 spiro atoms. The Kier molecular flexibility index (Phi) is 5.89. The molecule has 1 unspecified atom stereocenters. The largest absolute Gasteiger partial charge is 0.454 e. The lowest BCUT2D eigenvalue weighted by Crippen LogP contribution is -2.43. The van der Waals surface area contributed by atoms with Crippen LogP contribution in [-0.2, 0) is 9.59 Å². The standard InChI is InChI=1S/C23H24N6O4/c1-12-5-6-16-15(10-12)13(2)21(33-16)20(18-19(24)23(32)28-27-22(18)25)26-14-7-8-29(11-14)17(31)4-3-9-30/h5-6,10,14,24,26,30H,7-9,11H2,1-2H3,(H2,25,27)(H,28,32)/b20-18+,24-19?. The monoisotopic (exact) mass is 448 g/mol. The third-order valence-corrected chi connectivity index (χ3v) is 5.68. The predicted octanol–water partition coefficient (Wildman–Crippen LogP) is 0.369. The van der Waals surface area contributed by atoms with Crippen LogP contribution in [0.3, 0.4) is 0 Å². The van der Waals surface area contributed by atoms with Crippen molar-refractivity contribution in [2.24, 2.45) is 10.8 Å². The summed E-state index contributed by atoms with van der Waals surface area (Å²) in [5.74, 6) is 4.15.